The second-order valence-corrected chi connectivity index (χ2v) is 5.56. The maximum absolute atomic E-state index is 12.4. The largest absolute Gasteiger partial charge is 0.435 e. The van der Waals surface area contributed by atoms with Crippen molar-refractivity contribution < 1.29 is 18.0 Å². The van der Waals surface area contributed by atoms with Gasteiger partial charge in [0, 0.05) is 18.8 Å². The van der Waals surface area contributed by atoms with Gasteiger partial charge >= 0.3 is 6.18 Å². The molecule has 120 valence electrons. The molecule has 1 aromatic rings. The highest BCUT2D eigenvalue weighted by molar-refractivity contribution is 5.84. The first kappa shape index (κ1) is 17.5. The first-order valence-electron chi connectivity index (χ1n) is 6.73. The number of nitrogens with two attached hydrogens (primary N) is 1. The molecule has 8 heteroatoms. The van der Waals surface area contributed by atoms with E-state index in [-0.39, 0.29) is 6.04 Å². The van der Waals surface area contributed by atoms with Crippen LogP contribution >= 0.6 is 0 Å². The molecule has 1 unspecified atom stereocenters. The number of rotatable bonds is 7. The number of aryl methyl sites for hydroxylation is 1. The van der Waals surface area contributed by atoms with Gasteiger partial charge in [-0.25, -0.2) is 0 Å². The van der Waals surface area contributed by atoms with E-state index in [9.17, 15) is 18.0 Å². The Balaban J connectivity index is 2.59. The summed E-state index contributed by atoms with van der Waals surface area (Å²) in [6.07, 6.45) is -2.26. The number of hydrogen-bond acceptors (Lipinski definition) is 3. The third-order valence-corrected chi connectivity index (χ3v) is 3.15. The Labute approximate surface area is 121 Å². The SMILES string of the molecule is CC(C)NC(C)(CCCn1ccc(C(F)(F)F)n1)C(N)=O. The van der Waals surface area contributed by atoms with Crippen LogP contribution in [0.5, 0.6) is 0 Å². The minimum Gasteiger partial charge on any atom is -0.368 e. The number of primary amides is 1. The summed E-state index contributed by atoms with van der Waals surface area (Å²) in [5.41, 5.74) is 3.59. The summed E-state index contributed by atoms with van der Waals surface area (Å²) < 4.78 is 38.5. The number of nitrogens with one attached hydrogen (secondary N) is 1. The van der Waals surface area contributed by atoms with Gasteiger partial charge in [0.15, 0.2) is 5.69 Å². The lowest BCUT2D eigenvalue weighted by Gasteiger charge is -2.29. The summed E-state index contributed by atoms with van der Waals surface area (Å²) >= 11 is 0. The van der Waals surface area contributed by atoms with Crippen molar-refractivity contribution in [1.29, 1.82) is 0 Å². The number of nitrogens with zero attached hydrogens (tertiary/aromatic N) is 2. The zero-order valence-corrected chi connectivity index (χ0v) is 12.4. The predicted molar refractivity (Wildman–Crippen MR) is 72.3 cm³/mol. The summed E-state index contributed by atoms with van der Waals surface area (Å²) in [4.78, 5) is 11.5. The molecule has 21 heavy (non-hydrogen) atoms. The van der Waals surface area contributed by atoms with Gasteiger partial charge in [-0.1, -0.05) is 0 Å². The maximum atomic E-state index is 12.4. The van der Waals surface area contributed by atoms with Crippen LogP contribution in [0.2, 0.25) is 0 Å². The zero-order chi connectivity index (χ0) is 16.3. The number of amides is 1. The van der Waals surface area contributed by atoms with Crippen molar-refractivity contribution in [2.45, 2.75) is 57.9 Å². The number of carbonyl (C=O) groups excluding carboxylic acids is 1. The van der Waals surface area contributed by atoms with Crippen LogP contribution in [-0.2, 0) is 17.5 Å². The van der Waals surface area contributed by atoms with Crippen LogP contribution in [0, 0.1) is 0 Å². The van der Waals surface area contributed by atoms with Crippen LogP contribution in [-0.4, -0.2) is 27.3 Å². The molecule has 0 aliphatic rings. The van der Waals surface area contributed by atoms with E-state index in [1.165, 1.54) is 10.9 Å². The molecule has 0 aliphatic carbocycles. The van der Waals surface area contributed by atoms with Crippen molar-refractivity contribution in [3.05, 3.63) is 18.0 Å². The number of aromatic nitrogens is 2. The van der Waals surface area contributed by atoms with Gasteiger partial charge in [0.1, 0.15) is 0 Å². The van der Waals surface area contributed by atoms with Crippen LogP contribution in [0.3, 0.4) is 0 Å². The fraction of sp³-hybridized carbons (Fsp3) is 0.692. The lowest BCUT2D eigenvalue weighted by Crippen LogP contribution is -2.55. The molecule has 0 fully saturated rings. The maximum Gasteiger partial charge on any atom is 0.435 e. The Kier molecular flexibility index (Phi) is 5.38. The second kappa shape index (κ2) is 6.46. The minimum absolute atomic E-state index is 0.0732. The normalized spacial score (nSPS) is 15.2. The van der Waals surface area contributed by atoms with E-state index >= 15 is 0 Å². The molecule has 0 radical (unpaired) electrons. The van der Waals surface area contributed by atoms with E-state index in [4.69, 9.17) is 5.73 Å². The highest BCUT2D eigenvalue weighted by atomic mass is 19.4. The molecular formula is C13H21F3N4O. The van der Waals surface area contributed by atoms with Gasteiger partial charge in [-0.3, -0.25) is 9.48 Å². The Bertz CT molecular complexity index is 484. The zero-order valence-electron chi connectivity index (χ0n) is 12.4. The summed E-state index contributed by atoms with van der Waals surface area (Å²) in [5.74, 6) is -0.479. The lowest BCUT2D eigenvalue weighted by molar-refractivity contribution is -0.141. The van der Waals surface area contributed by atoms with E-state index in [0.29, 0.717) is 19.4 Å². The summed E-state index contributed by atoms with van der Waals surface area (Å²) in [6, 6.07) is 1.00. The molecule has 1 heterocycles. The Morgan fingerprint density at radius 2 is 2.10 bits per heavy atom. The quantitative estimate of drug-likeness (QED) is 0.808. The predicted octanol–water partition coefficient (Wildman–Crippen LogP) is 1.92. The Morgan fingerprint density at radius 3 is 2.52 bits per heavy atom. The molecule has 0 aliphatic heterocycles. The fourth-order valence-corrected chi connectivity index (χ4v) is 2.14. The molecule has 5 nitrogen and oxygen atoms in total. The van der Waals surface area contributed by atoms with Crippen LogP contribution < -0.4 is 11.1 Å². The fourth-order valence-electron chi connectivity index (χ4n) is 2.14. The molecule has 0 saturated heterocycles. The molecule has 1 aromatic heterocycles. The second-order valence-electron chi connectivity index (χ2n) is 5.56. The van der Waals surface area contributed by atoms with Crippen LogP contribution in [0.4, 0.5) is 13.2 Å². The van der Waals surface area contributed by atoms with Gasteiger partial charge in [0.05, 0.1) is 5.54 Å². The monoisotopic (exact) mass is 306 g/mol. The van der Waals surface area contributed by atoms with E-state index in [2.05, 4.69) is 10.4 Å². The standard InChI is InChI=1S/C13H21F3N4O/c1-9(2)18-12(3,11(17)21)6-4-7-20-8-5-10(19-20)13(14,15)16/h5,8-9,18H,4,6-7H2,1-3H3,(H2,17,21). The highest BCUT2D eigenvalue weighted by Gasteiger charge is 2.34. The van der Waals surface area contributed by atoms with Gasteiger partial charge in [-0.05, 0) is 39.7 Å². The van der Waals surface area contributed by atoms with E-state index < -0.39 is 23.3 Å². The summed E-state index contributed by atoms with van der Waals surface area (Å²) in [6.45, 7) is 5.77. The Morgan fingerprint density at radius 1 is 1.48 bits per heavy atom. The lowest BCUT2D eigenvalue weighted by atomic mass is 9.94. The van der Waals surface area contributed by atoms with Crippen LogP contribution in [0.1, 0.15) is 39.3 Å². The van der Waals surface area contributed by atoms with Crippen molar-refractivity contribution in [3.63, 3.8) is 0 Å². The third-order valence-electron chi connectivity index (χ3n) is 3.15. The average molecular weight is 306 g/mol. The van der Waals surface area contributed by atoms with Crippen molar-refractivity contribution in [3.8, 4) is 0 Å². The average Bonchev–Trinajstić information content (AvgIpc) is 2.76. The number of carbonyl (C=O) groups is 1. The van der Waals surface area contributed by atoms with Gasteiger partial charge in [0.25, 0.3) is 0 Å². The molecule has 3 N–H and O–H groups in total. The molecule has 0 spiro atoms. The number of hydrogen-bond donors (Lipinski definition) is 2. The summed E-state index contributed by atoms with van der Waals surface area (Å²) in [5, 5.41) is 6.55. The smallest absolute Gasteiger partial charge is 0.368 e. The van der Waals surface area contributed by atoms with Crippen molar-refractivity contribution in [2.24, 2.45) is 5.73 Å². The molecule has 0 saturated carbocycles. The topological polar surface area (TPSA) is 72.9 Å². The van der Waals surface area contributed by atoms with Crippen LogP contribution in [0.15, 0.2) is 12.3 Å². The Hall–Kier alpha value is -1.57. The summed E-state index contributed by atoms with van der Waals surface area (Å²) in [7, 11) is 0. The van der Waals surface area contributed by atoms with E-state index in [1.54, 1.807) is 6.92 Å². The van der Waals surface area contributed by atoms with E-state index in [1.807, 2.05) is 13.8 Å². The van der Waals surface area contributed by atoms with Crippen LogP contribution in [0.25, 0.3) is 0 Å². The molecule has 0 bridgehead atoms. The number of alkyl halides is 3. The van der Waals surface area contributed by atoms with Gasteiger partial charge in [-0.2, -0.15) is 18.3 Å². The van der Waals surface area contributed by atoms with Crippen molar-refractivity contribution >= 4 is 5.91 Å². The molecule has 0 aromatic carbocycles. The third kappa shape index (κ3) is 5.04. The molecular weight excluding hydrogens is 285 g/mol. The van der Waals surface area contributed by atoms with Crippen molar-refractivity contribution in [2.75, 3.05) is 0 Å². The molecule has 1 rings (SSSR count). The van der Waals surface area contributed by atoms with E-state index in [0.717, 1.165) is 6.07 Å². The number of halogens is 3. The van der Waals surface area contributed by atoms with Gasteiger partial charge in [0.2, 0.25) is 5.91 Å². The first-order valence-corrected chi connectivity index (χ1v) is 6.73. The van der Waals surface area contributed by atoms with Gasteiger partial charge in [-0.15, -0.1) is 0 Å². The first-order chi connectivity index (χ1) is 9.54. The molecule has 1 amide bonds. The van der Waals surface area contributed by atoms with Crippen molar-refractivity contribution in [1.82, 2.24) is 15.1 Å². The molecule has 1 atom stereocenters. The minimum atomic E-state index is -4.44. The van der Waals surface area contributed by atoms with Gasteiger partial charge < -0.3 is 11.1 Å². The highest BCUT2D eigenvalue weighted by Crippen LogP contribution is 2.27.